The van der Waals surface area contributed by atoms with E-state index in [-0.39, 0.29) is 31.1 Å². The van der Waals surface area contributed by atoms with Gasteiger partial charge in [0.25, 0.3) is 0 Å². The molecule has 0 bridgehead atoms. The molecule has 0 aliphatic carbocycles. The predicted octanol–water partition coefficient (Wildman–Crippen LogP) is 25.8. The van der Waals surface area contributed by atoms with Gasteiger partial charge in [0.15, 0.2) is 6.10 Å². The zero-order valence-electron chi connectivity index (χ0n) is 55.6. The fourth-order valence-electron chi connectivity index (χ4n) is 12.0. The average Bonchev–Trinajstić information content (AvgIpc) is 3.47. The first kappa shape index (κ1) is 79.4. The van der Waals surface area contributed by atoms with Crippen LogP contribution in [0.5, 0.6) is 0 Å². The Kier molecular flexibility index (Phi) is 69.5. The van der Waals surface area contributed by atoms with Crippen molar-refractivity contribution >= 4 is 17.9 Å². The summed E-state index contributed by atoms with van der Waals surface area (Å²) < 4.78 is 17.0. The van der Waals surface area contributed by atoms with E-state index in [9.17, 15) is 14.4 Å². The van der Waals surface area contributed by atoms with E-state index >= 15 is 0 Å². The van der Waals surface area contributed by atoms with Crippen molar-refractivity contribution < 1.29 is 28.6 Å². The Hall–Kier alpha value is -1.59. The van der Waals surface area contributed by atoms with E-state index in [1.54, 1.807) is 0 Å². The summed E-state index contributed by atoms with van der Waals surface area (Å²) in [4.78, 5) is 38.4. The topological polar surface area (TPSA) is 78.9 Å². The Bertz CT molecular complexity index is 1220. The van der Waals surface area contributed by atoms with Gasteiger partial charge in [-0.2, -0.15) is 0 Å². The molecular weight excluding hydrogens is 997 g/mol. The number of carbonyl (C=O) groups is 3. The highest BCUT2D eigenvalue weighted by Gasteiger charge is 2.20. The molecule has 0 aliphatic rings. The zero-order valence-corrected chi connectivity index (χ0v) is 55.6. The molecule has 6 nitrogen and oxygen atoms in total. The minimum absolute atomic E-state index is 0.0602. The smallest absolute Gasteiger partial charge is 0.306 e. The largest absolute Gasteiger partial charge is 0.462 e. The van der Waals surface area contributed by atoms with E-state index in [2.05, 4.69) is 20.8 Å². The Labute approximate surface area is 508 Å². The summed E-state index contributed by atoms with van der Waals surface area (Å²) in [6.07, 6.45) is 84.5. The summed E-state index contributed by atoms with van der Waals surface area (Å²) in [5.74, 6) is -0.820. The highest BCUT2D eigenvalue weighted by molar-refractivity contribution is 5.71. The Morgan fingerprint density at radius 1 is 0.198 bits per heavy atom. The second-order valence-corrected chi connectivity index (χ2v) is 25.9. The summed E-state index contributed by atoms with van der Waals surface area (Å²) in [7, 11) is 0. The summed E-state index contributed by atoms with van der Waals surface area (Å²) in [6, 6.07) is 0. The average molecular weight is 1140 g/mol. The molecule has 482 valence electrons. The maximum atomic E-state index is 13.0. The van der Waals surface area contributed by atoms with Crippen LogP contribution in [-0.4, -0.2) is 37.2 Å². The normalized spacial score (nSPS) is 11.9. The number of carbonyl (C=O) groups excluding carboxylic acids is 3. The molecule has 0 rings (SSSR count). The second kappa shape index (κ2) is 70.9. The minimum atomic E-state index is -0.763. The Morgan fingerprint density at radius 3 is 0.494 bits per heavy atom. The van der Waals surface area contributed by atoms with E-state index in [0.717, 1.165) is 57.8 Å². The van der Waals surface area contributed by atoms with E-state index in [1.807, 2.05) is 0 Å². The van der Waals surface area contributed by atoms with Crippen LogP contribution in [0.2, 0.25) is 0 Å². The summed E-state index contributed by atoms with van der Waals surface area (Å²) in [5, 5.41) is 0. The molecule has 0 saturated heterocycles. The van der Waals surface area contributed by atoms with Crippen LogP contribution >= 0.6 is 0 Å². The van der Waals surface area contributed by atoms with E-state index in [0.29, 0.717) is 19.3 Å². The fourth-order valence-corrected chi connectivity index (χ4v) is 12.0. The molecule has 6 heteroatoms. The van der Waals surface area contributed by atoms with Gasteiger partial charge in [0, 0.05) is 19.3 Å². The Morgan fingerprint density at radius 2 is 0.333 bits per heavy atom. The van der Waals surface area contributed by atoms with Gasteiger partial charge in [-0.05, 0) is 19.3 Å². The second-order valence-electron chi connectivity index (χ2n) is 25.9. The lowest BCUT2D eigenvalue weighted by atomic mass is 10.0. The van der Waals surface area contributed by atoms with Crippen LogP contribution < -0.4 is 0 Å². The highest BCUT2D eigenvalue weighted by atomic mass is 16.6. The lowest BCUT2D eigenvalue weighted by molar-refractivity contribution is -0.167. The first-order valence-electron chi connectivity index (χ1n) is 37.5. The molecule has 0 fully saturated rings. The van der Waals surface area contributed by atoms with Crippen molar-refractivity contribution in [1.29, 1.82) is 0 Å². The maximum absolute atomic E-state index is 13.0. The molecule has 81 heavy (non-hydrogen) atoms. The van der Waals surface area contributed by atoms with Crippen molar-refractivity contribution in [2.24, 2.45) is 0 Å². The van der Waals surface area contributed by atoms with Crippen molar-refractivity contribution in [3.63, 3.8) is 0 Å². The predicted molar refractivity (Wildman–Crippen MR) is 354 cm³/mol. The maximum Gasteiger partial charge on any atom is 0.306 e. The van der Waals surface area contributed by atoms with E-state index in [4.69, 9.17) is 14.2 Å². The van der Waals surface area contributed by atoms with Gasteiger partial charge in [-0.15, -0.1) is 0 Å². The van der Waals surface area contributed by atoms with Crippen molar-refractivity contribution in [2.75, 3.05) is 13.2 Å². The van der Waals surface area contributed by atoms with Gasteiger partial charge >= 0.3 is 17.9 Å². The molecule has 0 radical (unpaired) electrons. The van der Waals surface area contributed by atoms with Crippen LogP contribution in [0, 0.1) is 0 Å². The summed E-state index contributed by atoms with van der Waals surface area (Å²) in [5.41, 5.74) is 0. The van der Waals surface area contributed by atoms with Crippen molar-refractivity contribution in [2.45, 2.75) is 451 Å². The summed E-state index contributed by atoms with van der Waals surface area (Å²) in [6.45, 7) is 6.74. The van der Waals surface area contributed by atoms with Crippen LogP contribution in [0.15, 0.2) is 0 Å². The minimum Gasteiger partial charge on any atom is -0.462 e. The lowest BCUT2D eigenvalue weighted by Gasteiger charge is -2.18. The number of hydrogen-bond acceptors (Lipinski definition) is 6. The van der Waals surface area contributed by atoms with Crippen LogP contribution in [0.4, 0.5) is 0 Å². The number of ether oxygens (including phenoxy) is 3. The Balaban J connectivity index is 4.10. The molecule has 1 unspecified atom stereocenters. The molecule has 0 aromatic carbocycles. The van der Waals surface area contributed by atoms with Crippen molar-refractivity contribution in [3.8, 4) is 0 Å². The van der Waals surface area contributed by atoms with Crippen LogP contribution in [0.1, 0.15) is 445 Å². The molecule has 0 N–H and O–H groups in total. The third-order valence-corrected chi connectivity index (χ3v) is 17.6. The molecule has 0 spiro atoms. The number of unbranched alkanes of at least 4 members (excludes halogenated alkanes) is 60. The molecule has 0 saturated carbocycles. The summed E-state index contributed by atoms with van der Waals surface area (Å²) >= 11 is 0. The monoisotopic (exact) mass is 1140 g/mol. The fraction of sp³-hybridized carbons (Fsp3) is 0.960. The van der Waals surface area contributed by atoms with Crippen molar-refractivity contribution in [1.82, 2.24) is 0 Å². The van der Waals surface area contributed by atoms with Crippen molar-refractivity contribution in [3.05, 3.63) is 0 Å². The van der Waals surface area contributed by atoms with E-state index in [1.165, 1.54) is 347 Å². The molecule has 0 aliphatic heterocycles. The molecule has 1 atom stereocenters. The van der Waals surface area contributed by atoms with Gasteiger partial charge in [-0.1, -0.05) is 406 Å². The van der Waals surface area contributed by atoms with Gasteiger partial charge in [0.1, 0.15) is 13.2 Å². The number of esters is 3. The van der Waals surface area contributed by atoms with Gasteiger partial charge in [-0.3, -0.25) is 14.4 Å². The molecule has 0 aromatic heterocycles. The van der Waals surface area contributed by atoms with Gasteiger partial charge in [-0.25, -0.2) is 0 Å². The third kappa shape index (κ3) is 69.1. The molecule has 0 aromatic rings. The zero-order chi connectivity index (χ0) is 58.5. The van der Waals surface area contributed by atoms with E-state index < -0.39 is 6.10 Å². The molecule has 0 amide bonds. The number of rotatable bonds is 71. The SMILES string of the molecule is CCCCCCCCCCCCCCCCCCCCCCCCCCCCCCC(=O)OCC(COC(=O)CCCCCCCCCCCCC)OC(=O)CCCCCCCCCCCCCCCCCCCCCCCCCC. The quantitative estimate of drug-likeness (QED) is 0.0343. The number of hydrogen-bond donors (Lipinski definition) is 0. The molecular formula is C75H146O6. The van der Waals surface area contributed by atoms with Crippen LogP contribution in [-0.2, 0) is 28.6 Å². The lowest BCUT2D eigenvalue weighted by Crippen LogP contribution is -2.30. The van der Waals surface area contributed by atoms with Gasteiger partial charge in [0.2, 0.25) is 0 Å². The van der Waals surface area contributed by atoms with Gasteiger partial charge in [0.05, 0.1) is 0 Å². The first-order chi connectivity index (χ1) is 40.0. The molecule has 0 heterocycles. The standard InChI is InChI=1S/C75H146O6/c1-4-7-10-13-16-19-22-24-26-28-30-32-34-36-37-38-39-41-42-44-46-48-50-53-56-59-62-65-68-74(77)80-71-72(70-79-73(76)67-64-61-58-55-52-21-18-15-12-9-6-3)81-75(78)69-66-63-60-57-54-51-49-47-45-43-40-35-33-31-29-27-25-23-20-17-14-11-8-5-2/h72H,4-71H2,1-3H3. The highest BCUT2D eigenvalue weighted by Crippen LogP contribution is 2.20. The van der Waals surface area contributed by atoms with Gasteiger partial charge < -0.3 is 14.2 Å². The third-order valence-electron chi connectivity index (χ3n) is 17.6. The van der Waals surface area contributed by atoms with Crippen LogP contribution in [0.3, 0.4) is 0 Å². The van der Waals surface area contributed by atoms with Crippen LogP contribution in [0.25, 0.3) is 0 Å². The first-order valence-corrected chi connectivity index (χ1v) is 37.5.